The van der Waals surface area contributed by atoms with Crippen molar-refractivity contribution in [2.45, 2.75) is 12.5 Å². The third-order valence-electron chi connectivity index (χ3n) is 1.95. The van der Waals surface area contributed by atoms with Gasteiger partial charge in [0.15, 0.2) is 0 Å². The van der Waals surface area contributed by atoms with Gasteiger partial charge in [-0.1, -0.05) is 24.3 Å². The van der Waals surface area contributed by atoms with Gasteiger partial charge < -0.3 is 5.73 Å². The number of rotatable bonds is 4. The third kappa shape index (κ3) is 2.17. The molecule has 0 spiro atoms. The maximum atomic E-state index is 10.7. The quantitative estimate of drug-likeness (QED) is 0.451. The van der Waals surface area contributed by atoms with E-state index in [1.54, 1.807) is 24.3 Å². The lowest BCUT2D eigenvalue weighted by atomic mass is 10.0. The van der Waals surface area contributed by atoms with Crippen LogP contribution in [0.3, 0.4) is 0 Å². The molecular weight excluding hydrogens is 180 g/mol. The van der Waals surface area contributed by atoms with Crippen LogP contribution in [0.25, 0.3) is 0 Å². The van der Waals surface area contributed by atoms with Crippen molar-refractivity contribution in [3.63, 3.8) is 0 Å². The zero-order chi connectivity index (χ0) is 10.6. The topological polar surface area (TPSA) is 69.2 Å². The first-order valence-electron chi connectivity index (χ1n) is 4.26. The van der Waals surface area contributed by atoms with E-state index in [0.717, 1.165) is 0 Å². The van der Waals surface area contributed by atoms with Crippen LogP contribution in [-0.4, -0.2) is 4.92 Å². The summed E-state index contributed by atoms with van der Waals surface area (Å²) in [5.41, 5.74) is 6.39. The number of nitrogens with two attached hydrogens (primary N) is 1. The van der Waals surface area contributed by atoms with Crippen molar-refractivity contribution in [3.8, 4) is 0 Å². The second-order valence-electron chi connectivity index (χ2n) is 2.95. The molecule has 4 nitrogen and oxygen atoms in total. The molecule has 1 atom stereocenters. The first-order chi connectivity index (χ1) is 6.66. The van der Waals surface area contributed by atoms with Crippen molar-refractivity contribution in [2.24, 2.45) is 5.73 Å². The molecule has 0 saturated carbocycles. The van der Waals surface area contributed by atoms with Gasteiger partial charge in [0, 0.05) is 17.7 Å². The molecule has 74 valence electrons. The highest BCUT2D eigenvalue weighted by atomic mass is 16.6. The SMILES string of the molecule is C=CCC(N)c1ccccc1[N+](=O)[O-]. The molecule has 0 aliphatic carbocycles. The van der Waals surface area contributed by atoms with Crippen molar-refractivity contribution < 1.29 is 4.92 Å². The highest BCUT2D eigenvalue weighted by molar-refractivity contribution is 5.41. The predicted octanol–water partition coefficient (Wildman–Crippen LogP) is 2.17. The molecule has 0 heterocycles. The molecule has 0 fully saturated rings. The van der Waals surface area contributed by atoms with Gasteiger partial charge in [-0.3, -0.25) is 10.1 Å². The summed E-state index contributed by atoms with van der Waals surface area (Å²) in [7, 11) is 0. The summed E-state index contributed by atoms with van der Waals surface area (Å²) in [4.78, 5) is 10.2. The van der Waals surface area contributed by atoms with Crippen LogP contribution >= 0.6 is 0 Å². The van der Waals surface area contributed by atoms with Gasteiger partial charge in [-0.2, -0.15) is 0 Å². The zero-order valence-electron chi connectivity index (χ0n) is 7.72. The fourth-order valence-electron chi connectivity index (χ4n) is 1.27. The molecule has 0 bridgehead atoms. The Labute approximate surface area is 82.2 Å². The van der Waals surface area contributed by atoms with E-state index in [1.165, 1.54) is 6.07 Å². The van der Waals surface area contributed by atoms with Gasteiger partial charge >= 0.3 is 0 Å². The Bertz CT molecular complexity index is 350. The minimum atomic E-state index is -0.418. The Morgan fingerprint density at radius 1 is 1.57 bits per heavy atom. The molecule has 0 aliphatic heterocycles. The summed E-state index contributed by atoms with van der Waals surface area (Å²) in [6.07, 6.45) is 2.19. The summed E-state index contributed by atoms with van der Waals surface area (Å²) >= 11 is 0. The zero-order valence-corrected chi connectivity index (χ0v) is 7.72. The molecule has 4 heteroatoms. The summed E-state index contributed by atoms with van der Waals surface area (Å²) in [5.74, 6) is 0. The second-order valence-corrected chi connectivity index (χ2v) is 2.95. The average Bonchev–Trinajstić information content (AvgIpc) is 2.18. The van der Waals surface area contributed by atoms with E-state index in [4.69, 9.17) is 5.73 Å². The lowest BCUT2D eigenvalue weighted by Gasteiger charge is -2.09. The molecule has 1 unspecified atom stereocenters. The van der Waals surface area contributed by atoms with E-state index in [1.807, 2.05) is 0 Å². The van der Waals surface area contributed by atoms with Crippen molar-refractivity contribution in [1.29, 1.82) is 0 Å². The number of nitrogens with zero attached hydrogens (tertiary/aromatic N) is 1. The number of benzene rings is 1. The highest BCUT2D eigenvalue weighted by Gasteiger charge is 2.16. The van der Waals surface area contributed by atoms with E-state index in [-0.39, 0.29) is 11.7 Å². The van der Waals surface area contributed by atoms with Crippen LogP contribution in [0.15, 0.2) is 36.9 Å². The van der Waals surface area contributed by atoms with E-state index < -0.39 is 4.92 Å². The van der Waals surface area contributed by atoms with Crippen molar-refractivity contribution in [2.75, 3.05) is 0 Å². The molecule has 1 aromatic carbocycles. The van der Waals surface area contributed by atoms with Gasteiger partial charge in [0.05, 0.1) is 4.92 Å². The maximum absolute atomic E-state index is 10.7. The molecule has 0 aliphatic rings. The maximum Gasteiger partial charge on any atom is 0.274 e. The molecule has 14 heavy (non-hydrogen) atoms. The Kier molecular flexibility index (Phi) is 3.36. The van der Waals surface area contributed by atoms with Crippen LogP contribution < -0.4 is 5.73 Å². The van der Waals surface area contributed by atoms with Gasteiger partial charge in [0.25, 0.3) is 5.69 Å². The molecule has 1 rings (SSSR count). The Hall–Kier alpha value is -1.68. The lowest BCUT2D eigenvalue weighted by Crippen LogP contribution is -2.11. The summed E-state index contributed by atoms with van der Waals surface area (Å²) in [6.45, 7) is 3.55. The number of hydrogen-bond acceptors (Lipinski definition) is 3. The third-order valence-corrected chi connectivity index (χ3v) is 1.95. The van der Waals surface area contributed by atoms with Gasteiger partial charge in [0.2, 0.25) is 0 Å². The first kappa shape index (κ1) is 10.4. The minimum Gasteiger partial charge on any atom is -0.323 e. The summed E-state index contributed by atoms with van der Waals surface area (Å²) in [6, 6.07) is 6.15. The number of hydrogen-bond donors (Lipinski definition) is 1. The van der Waals surface area contributed by atoms with E-state index in [9.17, 15) is 10.1 Å². The molecule has 0 aromatic heterocycles. The fraction of sp³-hybridized carbons (Fsp3) is 0.200. The molecule has 1 aromatic rings. The van der Waals surface area contributed by atoms with Crippen LogP contribution in [0.2, 0.25) is 0 Å². The minimum absolute atomic E-state index is 0.0712. The van der Waals surface area contributed by atoms with E-state index in [0.29, 0.717) is 12.0 Å². The van der Waals surface area contributed by atoms with Gasteiger partial charge in [-0.25, -0.2) is 0 Å². The van der Waals surface area contributed by atoms with Crippen LogP contribution in [0, 0.1) is 10.1 Å². The van der Waals surface area contributed by atoms with Gasteiger partial charge in [-0.05, 0) is 6.42 Å². The lowest BCUT2D eigenvalue weighted by molar-refractivity contribution is -0.385. The molecule has 2 N–H and O–H groups in total. The highest BCUT2D eigenvalue weighted by Crippen LogP contribution is 2.24. The van der Waals surface area contributed by atoms with E-state index in [2.05, 4.69) is 6.58 Å². The van der Waals surface area contributed by atoms with Crippen molar-refractivity contribution in [1.82, 2.24) is 0 Å². The Morgan fingerprint density at radius 3 is 2.79 bits per heavy atom. The second kappa shape index (κ2) is 4.53. The molecule has 0 saturated heterocycles. The average molecular weight is 192 g/mol. The monoisotopic (exact) mass is 192 g/mol. The van der Waals surface area contributed by atoms with Crippen LogP contribution in [-0.2, 0) is 0 Å². The Balaban J connectivity index is 3.06. The number of nitro groups is 1. The van der Waals surface area contributed by atoms with Gasteiger partial charge in [-0.15, -0.1) is 6.58 Å². The van der Waals surface area contributed by atoms with Crippen molar-refractivity contribution in [3.05, 3.63) is 52.6 Å². The summed E-state index contributed by atoms with van der Waals surface area (Å²) in [5, 5.41) is 10.7. The number of nitro benzene ring substituents is 1. The van der Waals surface area contributed by atoms with Crippen molar-refractivity contribution >= 4 is 5.69 Å². The smallest absolute Gasteiger partial charge is 0.274 e. The molecule has 0 radical (unpaired) electrons. The van der Waals surface area contributed by atoms with Gasteiger partial charge in [0.1, 0.15) is 0 Å². The van der Waals surface area contributed by atoms with Crippen LogP contribution in [0.4, 0.5) is 5.69 Å². The van der Waals surface area contributed by atoms with E-state index >= 15 is 0 Å². The van der Waals surface area contributed by atoms with Crippen LogP contribution in [0.1, 0.15) is 18.0 Å². The molecule has 0 amide bonds. The largest absolute Gasteiger partial charge is 0.323 e. The predicted molar refractivity (Wildman–Crippen MR) is 54.8 cm³/mol. The standard InChI is InChI=1S/C10H12N2O2/c1-2-5-9(11)8-6-3-4-7-10(8)12(13)14/h2-4,6-7,9H,1,5,11H2. The summed E-state index contributed by atoms with van der Waals surface area (Å²) < 4.78 is 0. The first-order valence-corrected chi connectivity index (χ1v) is 4.26. The van der Waals surface area contributed by atoms with Crippen LogP contribution in [0.5, 0.6) is 0 Å². The fourth-order valence-corrected chi connectivity index (χ4v) is 1.27. The molecular formula is C10H12N2O2. The number of para-hydroxylation sites is 1. The Morgan fingerprint density at radius 2 is 2.21 bits per heavy atom. The normalized spacial score (nSPS) is 12.1.